The minimum absolute atomic E-state index is 0.0325. The van der Waals surface area contributed by atoms with Gasteiger partial charge in [0.15, 0.2) is 5.69 Å². The number of nitrogens with zero attached hydrogens (tertiary/aromatic N) is 4. The van der Waals surface area contributed by atoms with Crippen LogP contribution in [0, 0.1) is 11.8 Å². The molecule has 0 saturated carbocycles. The molecule has 0 radical (unpaired) electrons. The van der Waals surface area contributed by atoms with Gasteiger partial charge in [0, 0.05) is 24.3 Å². The molecule has 0 bridgehead atoms. The Morgan fingerprint density at radius 3 is 2.52 bits per heavy atom. The number of aromatic amines is 1. The maximum atomic E-state index is 13.5. The lowest BCUT2D eigenvalue weighted by Gasteiger charge is -2.26. The summed E-state index contributed by atoms with van der Waals surface area (Å²) in [6, 6.07) is 7.39. The molecule has 33 heavy (non-hydrogen) atoms. The van der Waals surface area contributed by atoms with Gasteiger partial charge in [-0.1, -0.05) is 57.5 Å². The molecule has 0 saturated heterocycles. The highest BCUT2D eigenvalue weighted by atomic mass is 35.5. The van der Waals surface area contributed by atoms with E-state index in [-0.39, 0.29) is 29.9 Å². The molecular formula is C23H29ClN6O3. The zero-order chi connectivity index (χ0) is 24.3. The summed E-state index contributed by atoms with van der Waals surface area (Å²) in [5.41, 5.74) is 6.09. The molecule has 2 heterocycles. The Balaban J connectivity index is 2.00. The van der Waals surface area contributed by atoms with Crippen molar-refractivity contribution in [1.82, 2.24) is 19.3 Å². The fourth-order valence-electron chi connectivity index (χ4n) is 3.54. The summed E-state index contributed by atoms with van der Waals surface area (Å²) >= 11 is 6.23. The summed E-state index contributed by atoms with van der Waals surface area (Å²) in [5, 5.41) is 4.89. The first-order valence-corrected chi connectivity index (χ1v) is 11.2. The van der Waals surface area contributed by atoms with Crippen LogP contribution >= 0.6 is 11.6 Å². The predicted octanol–water partition coefficient (Wildman–Crippen LogP) is 2.98. The van der Waals surface area contributed by atoms with Crippen molar-refractivity contribution >= 4 is 29.0 Å². The third kappa shape index (κ3) is 5.54. The van der Waals surface area contributed by atoms with Gasteiger partial charge in [0.1, 0.15) is 5.82 Å². The summed E-state index contributed by atoms with van der Waals surface area (Å²) in [6.45, 7) is 8.65. The number of anilines is 2. The molecule has 0 aliphatic carbocycles. The van der Waals surface area contributed by atoms with E-state index in [4.69, 9.17) is 17.3 Å². The summed E-state index contributed by atoms with van der Waals surface area (Å²) in [7, 11) is 0. The number of carbonyl (C=O) groups is 1. The van der Waals surface area contributed by atoms with Crippen molar-refractivity contribution in [2.45, 2.75) is 40.8 Å². The molecule has 0 unspecified atom stereocenters. The van der Waals surface area contributed by atoms with E-state index in [0.29, 0.717) is 23.7 Å². The van der Waals surface area contributed by atoms with E-state index in [1.807, 2.05) is 45.9 Å². The highest BCUT2D eigenvalue weighted by Gasteiger charge is 2.27. The van der Waals surface area contributed by atoms with E-state index in [9.17, 15) is 14.4 Å². The Labute approximate surface area is 196 Å². The van der Waals surface area contributed by atoms with E-state index >= 15 is 0 Å². The summed E-state index contributed by atoms with van der Waals surface area (Å²) in [4.78, 5) is 42.2. The largest absolute Gasteiger partial charge is 0.383 e. The van der Waals surface area contributed by atoms with E-state index < -0.39 is 17.2 Å². The Morgan fingerprint density at radius 1 is 1.18 bits per heavy atom. The van der Waals surface area contributed by atoms with Gasteiger partial charge in [0.2, 0.25) is 0 Å². The molecule has 9 nitrogen and oxygen atoms in total. The van der Waals surface area contributed by atoms with Gasteiger partial charge in [0.05, 0.1) is 18.3 Å². The SMILES string of the molecule is CC(C)CN(C(=O)c1cnn(Cc2ccccc2Cl)c1)c1c(N)n(CC(C)C)c(=O)[nH]c1=O. The number of hydrogen-bond donors (Lipinski definition) is 2. The first-order chi connectivity index (χ1) is 15.6. The summed E-state index contributed by atoms with van der Waals surface area (Å²) < 4.78 is 2.90. The van der Waals surface area contributed by atoms with Crippen LogP contribution in [-0.4, -0.2) is 31.8 Å². The highest BCUT2D eigenvalue weighted by Crippen LogP contribution is 2.22. The number of halogens is 1. The molecular weight excluding hydrogens is 444 g/mol. The number of nitrogen functional groups attached to an aromatic ring is 1. The zero-order valence-electron chi connectivity index (χ0n) is 19.2. The van der Waals surface area contributed by atoms with Gasteiger partial charge in [-0.3, -0.25) is 23.8 Å². The Hall–Kier alpha value is -3.33. The fourth-order valence-corrected chi connectivity index (χ4v) is 3.74. The van der Waals surface area contributed by atoms with E-state index in [0.717, 1.165) is 5.56 Å². The lowest BCUT2D eigenvalue weighted by atomic mass is 10.1. The van der Waals surface area contributed by atoms with Crippen LogP contribution in [0.4, 0.5) is 11.5 Å². The smallest absolute Gasteiger partial charge is 0.330 e. The van der Waals surface area contributed by atoms with Crippen LogP contribution in [0.2, 0.25) is 5.02 Å². The van der Waals surface area contributed by atoms with Crippen molar-refractivity contribution in [3.05, 3.63) is 73.6 Å². The van der Waals surface area contributed by atoms with Gasteiger partial charge in [0.25, 0.3) is 11.5 Å². The lowest BCUT2D eigenvalue weighted by molar-refractivity contribution is 0.0983. The number of nitrogens with two attached hydrogens (primary N) is 1. The number of benzene rings is 1. The molecule has 3 N–H and O–H groups in total. The van der Waals surface area contributed by atoms with Crippen molar-refractivity contribution < 1.29 is 4.79 Å². The molecule has 0 aliphatic heterocycles. The number of amides is 1. The second kappa shape index (κ2) is 10.1. The van der Waals surface area contributed by atoms with Crippen LogP contribution in [0.15, 0.2) is 46.2 Å². The second-order valence-electron chi connectivity index (χ2n) is 8.83. The van der Waals surface area contributed by atoms with Crippen molar-refractivity contribution in [2.75, 3.05) is 17.2 Å². The maximum Gasteiger partial charge on any atom is 0.330 e. The van der Waals surface area contributed by atoms with Crippen LogP contribution in [0.3, 0.4) is 0 Å². The molecule has 0 spiro atoms. The van der Waals surface area contributed by atoms with Gasteiger partial charge in [-0.2, -0.15) is 5.10 Å². The van der Waals surface area contributed by atoms with Gasteiger partial charge in [-0.25, -0.2) is 4.79 Å². The highest BCUT2D eigenvalue weighted by molar-refractivity contribution is 6.31. The molecule has 0 fully saturated rings. The number of aromatic nitrogens is 4. The normalized spacial score (nSPS) is 11.4. The van der Waals surface area contributed by atoms with Gasteiger partial charge < -0.3 is 10.6 Å². The average Bonchev–Trinajstić information content (AvgIpc) is 3.19. The molecule has 176 valence electrons. The molecule has 1 aromatic carbocycles. The van der Waals surface area contributed by atoms with Crippen molar-refractivity contribution in [1.29, 1.82) is 0 Å². The summed E-state index contributed by atoms with van der Waals surface area (Å²) in [5.74, 6) is -0.312. The second-order valence-corrected chi connectivity index (χ2v) is 9.23. The van der Waals surface area contributed by atoms with Gasteiger partial charge >= 0.3 is 5.69 Å². The minimum Gasteiger partial charge on any atom is -0.383 e. The molecule has 0 aliphatic rings. The quantitative estimate of drug-likeness (QED) is 0.522. The van der Waals surface area contributed by atoms with Crippen LogP contribution < -0.4 is 21.9 Å². The van der Waals surface area contributed by atoms with Crippen molar-refractivity contribution in [3.8, 4) is 0 Å². The zero-order valence-corrected chi connectivity index (χ0v) is 20.0. The predicted molar refractivity (Wildman–Crippen MR) is 130 cm³/mol. The first kappa shape index (κ1) is 24.3. The topological polar surface area (TPSA) is 119 Å². The van der Waals surface area contributed by atoms with Gasteiger partial charge in [-0.15, -0.1) is 0 Å². The average molecular weight is 473 g/mol. The molecule has 0 atom stereocenters. The van der Waals surface area contributed by atoms with Crippen LogP contribution in [0.1, 0.15) is 43.6 Å². The summed E-state index contributed by atoms with van der Waals surface area (Å²) in [6.07, 6.45) is 3.05. The third-order valence-electron chi connectivity index (χ3n) is 4.99. The number of rotatable bonds is 8. The standard InChI is InChI=1S/C23H29ClN6O3/c1-14(2)10-29(19-20(25)30(11-15(3)4)23(33)27-21(19)31)22(32)17-9-26-28(13-17)12-16-7-5-6-8-18(16)24/h5-9,13-15H,10-12,25H2,1-4H3,(H,27,31,33). The minimum atomic E-state index is -0.699. The Bertz CT molecular complexity index is 1260. The Kier molecular flexibility index (Phi) is 7.43. The molecule has 3 rings (SSSR count). The fraction of sp³-hybridized carbons (Fsp3) is 0.391. The van der Waals surface area contributed by atoms with Crippen molar-refractivity contribution in [3.63, 3.8) is 0 Å². The molecule has 10 heteroatoms. The number of carbonyl (C=O) groups excluding carboxylic acids is 1. The van der Waals surface area contributed by atoms with Crippen LogP contribution in [0.25, 0.3) is 0 Å². The Morgan fingerprint density at radius 2 is 1.88 bits per heavy atom. The van der Waals surface area contributed by atoms with Crippen LogP contribution in [0.5, 0.6) is 0 Å². The van der Waals surface area contributed by atoms with E-state index in [1.54, 1.807) is 16.9 Å². The third-order valence-corrected chi connectivity index (χ3v) is 5.36. The number of nitrogens with one attached hydrogen (secondary N) is 1. The van der Waals surface area contributed by atoms with Gasteiger partial charge in [-0.05, 0) is 23.5 Å². The number of hydrogen-bond acceptors (Lipinski definition) is 5. The lowest BCUT2D eigenvalue weighted by Crippen LogP contribution is -2.43. The van der Waals surface area contributed by atoms with Crippen molar-refractivity contribution in [2.24, 2.45) is 11.8 Å². The maximum absolute atomic E-state index is 13.5. The molecule has 1 amide bonds. The van der Waals surface area contributed by atoms with E-state index in [1.165, 1.54) is 15.7 Å². The number of H-pyrrole nitrogens is 1. The molecule has 2 aromatic heterocycles. The first-order valence-electron chi connectivity index (χ1n) is 10.8. The van der Waals surface area contributed by atoms with Crippen LogP contribution in [-0.2, 0) is 13.1 Å². The molecule has 3 aromatic rings. The monoisotopic (exact) mass is 472 g/mol. The van der Waals surface area contributed by atoms with E-state index in [2.05, 4.69) is 10.1 Å².